The van der Waals surface area contributed by atoms with Gasteiger partial charge in [-0.3, -0.25) is 23.5 Å². The Balaban J connectivity index is 0.000000119. The van der Waals surface area contributed by atoms with E-state index in [2.05, 4.69) is 106 Å². The average molecular weight is 1920 g/mol. The van der Waals surface area contributed by atoms with Gasteiger partial charge in [-0.2, -0.15) is 0 Å². The molecule has 18 atom stereocenters. The molecule has 0 amide bonds. The van der Waals surface area contributed by atoms with Crippen molar-refractivity contribution < 1.29 is 104 Å². The number of aromatic nitrogens is 6. The van der Waals surface area contributed by atoms with Gasteiger partial charge in [0, 0.05) is 111 Å². The van der Waals surface area contributed by atoms with Crippen molar-refractivity contribution in [2.45, 2.75) is 214 Å². The third kappa shape index (κ3) is 21.1. The number of carbonyl (C=O) groups is 3. The number of benzene rings is 6. The molecule has 6 aromatic carbocycles. The number of ketones is 3. The molecule has 137 heavy (non-hydrogen) atoms. The number of carbonyl (C=O) groups excluding carboxylic acids is 3. The van der Waals surface area contributed by atoms with Gasteiger partial charge in [0.1, 0.15) is 79.8 Å². The maximum atomic E-state index is 15.7. The summed E-state index contributed by atoms with van der Waals surface area (Å²) in [6.07, 6.45) is -2.86. The number of aliphatic hydroxyl groups excluding tert-OH is 3. The van der Waals surface area contributed by atoms with Crippen molar-refractivity contribution in [1.29, 1.82) is 0 Å². The molecular weight excluding hydrogens is 1810 g/mol. The zero-order valence-electron chi connectivity index (χ0n) is 78.3. The Kier molecular flexibility index (Phi) is 27.6. The molecule has 10 fully saturated rings. The van der Waals surface area contributed by atoms with Crippen LogP contribution in [0.15, 0.2) is 200 Å². The van der Waals surface area contributed by atoms with Gasteiger partial charge >= 0.3 is 7.12 Å². The zero-order chi connectivity index (χ0) is 95.7. The van der Waals surface area contributed by atoms with Crippen LogP contribution in [0.3, 0.4) is 0 Å². The number of aromatic amines is 1. The van der Waals surface area contributed by atoms with Crippen LogP contribution in [-0.2, 0) is 60.7 Å². The molecule has 718 valence electrons. The predicted molar refractivity (Wildman–Crippen MR) is 516 cm³/mol. The van der Waals surface area contributed by atoms with Crippen molar-refractivity contribution in [1.82, 2.24) is 29.1 Å². The molecule has 6 unspecified atom stereocenters. The molecule has 3 saturated carbocycles. The van der Waals surface area contributed by atoms with Crippen molar-refractivity contribution in [2.75, 3.05) is 52.9 Å². The summed E-state index contributed by atoms with van der Waals surface area (Å²) < 4.78 is 125. The first kappa shape index (κ1) is 95.8. The fourth-order valence-corrected chi connectivity index (χ4v) is 20.7. The summed E-state index contributed by atoms with van der Waals surface area (Å²) in [7, 11) is -2.86. The molecule has 10 aliphatic rings. The van der Waals surface area contributed by atoms with Gasteiger partial charge in [0.2, 0.25) is 0 Å². The number of pyridine rings is 3. The highest BCUT2D eigenvalue weighted by atomic mass is 35.5. The Morgan fingerprint density at radius 3 is 1.20 bits per heavy atom. The highest BCUT2D eigenvalue weighted by Gasteiger charge is 2.55. The summed E-state index contributed by atoms with van der Waals surface area (Å²) in [6, 6.07) is 63.6. The van der Waals surface area contributed by atoms with Crippen LogP contribution in [0.5, 0.6) is 17.6 Å². The lowest BCUT2D eigenvalue weighted by atomic mass is 9.78. The molecular formula is C105H115BClF3N6O19Si2. The van der Waals surface area contributed by atoms with Crippen molar-refractivity contribution in [3.8, 4) is 40.2 Å². The summed E-state index contributed by atoms with van der Waals surface area (Å²) in [5, 5.41) is 29.8. The Bertz CT molecular complexity index is 6340. The number of aliphatic hydroxyl groups is 3. The first-order valence-electron chi connectivity index (χ1n) is 47.3. The normalized spacial score (nSPS) is 26.8. The van der Waals surface area contributed by atoms with E-state index in [1.54, 1.807) is 27.3 Å². The molecule has 7 aliphatic heterocycles. The minimum atomic E-state index is -1.30. The highest BCUT2D eigenvalue weighted by Crippen LogP contribution is 2.53. The number of halogens is 4. The van der Waals surface area contributed by atoms with Gasteiger partial charge in [-0.15, -0.1) is 0 Å². The van der Waals surface area contributed by atoms with Gasteiger partial charge < -0.3 is 81.7 Å². The number of ether oxygens (including phenoxy) is 11. The third-order valence-electron chi connectivity index (χ3n) is 28.0. The topological polar surface area (TPSA) is 296 Å². The van der Waals surface area contributed by atoms with E-state index >= 15 is 8.78 Å². The maximum absolute atomic E-state index is 15.7. The van der Waals surface area contributed by atoms with Crippen LogP contribution in [0.4, 0.5) is 13.2 Å². The van der Waals surface area contributed by atoms with E-state index < -0.39 is 70.2 Å². The summed E-state index contributed by atoms with van der Waals surface area (Å²) in [4.78, 5) is 54.6. The minimum absolute atomic E-state index is 0.00354. The second-order valence-electron chi connectivity index (χ2n) is 40.8. The lowest BCUT2D eigenvalue weighted by Gasteiger charge is -2.32. The van der Waals surface area contributed by atoms with Crippen LogP contribution in [-0.4, -0.2) is 222 Å². The Hall–Kier alpha value is -10.1. The largest absolute Gasteiger partial charge is 0.494 e. The molecule has 25 nitrogen and oxygen atoms in total. The molecule has 3 aliphatic carbocycles. The molecule has 0 radical (unpaired) electrons. The molecule has 13 heterocycles. The second kappa shape index (κ2) is 39.5. The molecule has 6 aromatic heterocycles. The number of hydrogen-bond donors (Lipinski definition) is 4. The molecule has 7 saturated heterocycles. The van der Waals surface area contributed by atoms with E-state index in [0.29, 0.717) is 94.2 Å². The summed E-state index contributed by atoms with van der Waals surface area (Å²) in [5.74, 6) is 1.30. The SMILES string of the molecule is CC1(C)OB(c2ccc(C3CC3C(=O)c3ccccc3)cc2)OC1(C)C.C[Si](C)(C)CCOCn1c(O[C@@H]2CO[C@H]3[C@@H]2OC[C@H]3O)cc2nc(-c3ccc(C4CC4C(=O)c4ccccc4)cc3)c(F)cc21.C[Si](C)(C)CCOCn1c(O[C@@H]2CO[C@H]3[C@@H]2OC[C@H]3O)cc2nc(Cl)c(F)cc21.O=C(c1ccccc1)C1CC1c1ccc(-c2nc3cc(O[C@@H]4CO[C@H]5[C@@H]4OC[C@H]5O)[nH]c3cc2F)cc1. The summed E-state index contributed by atoms with van der Waals surface area (Å²) in [5.41, 5.74) is 11.2. The van der Waals surface area contributed by atoms with Crippen molar-refractivity contribution in [3.63, 3.8) is 0 Å². The summed E-state index contributed by atoms with van der Waals surface area (Å²) >= 11 is 5.85. The third-order valence-corrected chi connectivity index (χ3v) is 31.6. The smallest absolute Gasteiger partial charge is 0.470 e. The van der Waals surface area contributed by atoms with Crippen molar-refractivity contribution in [3.05, 3.63) is 256 Å². The molecule has 32 heteroatoms. The van der Waals surface area contributed by atoms with Crippen LogP contribution in [0.2, 0.25) is 56.5 Å². The van der Waals surface area contributed by atoms with Crippen molar-refractivity contribution in [2.24, 2.45) is 17.8 Å². The van der Waals surface area contributed by atoms with Gasteiger partial charge in [0.15, 0.2) is 75.9 Å². The maximum Gasteiger partial charge on any atom is 0.494 e. The number of nitrogens with one attached hydrogen (secondary N) is 1. The predicted octanol–water partition coefficient (Wildman–Crippen LogP) is 17.3. The van der Waals surface area contributed by atoms with E-state index in [4.69, 9.17) is 78.0 Å². The van der Waals surface area contributed by atoms with E-state index in [1.165, 1.54) is 23.8 Å². The number of H-pyrrole nitrogens is 1. The zero-order valence-corrected chi connectivity index (χ0v) is 81.0. The lowest BCUT2D eigenvalue weighted by molar-refractivity contribution is 0.00475. The number of Topliss-reactive ketones (excluding diaryl/α,β-unsaturated/α-hetero) is 3. The number of fused-ring (bicyclic) bond motifs is 6. The fraction of sp³-hybridized carbons (Fsp3) is 0.429. The molecule has 12 aromatic rings. The van der Waals surface area contributed by atoms with E-state index in [0.717, 1.165) is 64.6 Å². The van der Waals surface area contributed by atoms with Gasteiger partial charge in [-0.05, 0) is 99.0 Å². The first-order chi connectivity index (χ1) is 65.7. The highest BCUT2D eigenvalue weighted by molar-refractivity contribution is 6.76. The van der Waals surface area contributed by atoms with Crippen molar-refractivity contribution >= 4 is 90.8 Å². The standard InChI is InChI=1S/C35H39FN2O6Si.C29H25FN2O5.C22H25BO3.C19H26ClFN2O5Si/c1-45(2,3)14-13-41-20-38-28-16-26(36)32(37-27(28)17-31(38)44-30-19-43-34-29(39)18-42-35(30)34)22-11-9-21(10-12-22)24-15-25(24)33(40)23-7-5-4-6-8-23;30-20-11-21-22(12-25(31-21)37-24-14-36-28-23(33)13-35-29(24)28)32-26(20)16-8-6-15(7-9-16)18-10-19(18)27(34)17-4-2-1-3-5-17;1-21(2)22(3,4)26-23(25-21)17-12-10-15(11-13-17)18-14-19(18)20(24)16-8-6-5-7-9-16;1-29(2,3)5-4-25-10-23-13-6-11(21)19(20)22-12(13)7-16(23)28-15-9-27-17-14(24)8-26-18(15)17/h4-12,16-17,24-25,29-30,34-35,39H,13-15,18-20H2,1-3H3;1-9,11-12,18-19,23-24,28-29,31,33H,10,13-14H2;5-13,18-19H,14H2,1-4H3;6-7,14-15,17-18,24H,4-5,8-10H2,1-3H3/t24?,25?,29-,30-,34-,35-;18?,19?,23-,24-,28-,29-;;14-,15-,17-,18-/m11.1/s1. The second-order valence-corrected chi connectivity index (χ2v) is 52.4. The van der Waals surface area contributed by atoms with Crippen LogP contribution >= 0.6 is 11.6 Å². The number of hydrogen-bond acceptors (Lipinski definition) is 22. The number of nitrogens with zero attached hydrogens (tertiary/aromatic N) is 5. The van der Waals surface area contributed by atoms with Crippen LogP contribution in [0.1, 0.15) is 112 Å². The summed E-state index contributed by atoms with van der Waals surface area (Å²) in [6.45, 7) is 25.1. The average Bonchev–Trinajstić information content (AvgIpc) is 1.61. The van der Waals surface area contributed by atoms with Gasteiger partial charge in [0.25, 0.3) is 0 Å². The van der Waals surface area contributed by atoms with E-state index in [-0.39, 0.29) is 158 Å². The van der Waals surface area contributed by atoms with Crippen LogP contribution in [0, 0.1) is 35.2 Å². The van der Waals surface area contributed by atoms with Gasteiger partial charge in [-0.25, -0.2) is 28.1 Å². The van der Waals surface area contributed by atoms with Crippen LogP contribution in [0.25, 0.3) is 55.6 Å². The van der Waals surface area contributed by atoms with Crippen LogP contribution < -0.4 is 19.7 Å². The Labute approximate surface area is 800 Å². The molecule has 22 rings (SSSR count). The molecule has 0 bridgehead atoms. The Morgan fingerprint density at radius 2 is 0.803 bits per heavy atom. The first-order valence-corrected chi connectivity index (χ1v) is 55.1. The monoisotopic (exact) mass is 1920 g/mol. The van der Waals surface area contributed by atoms with Gasteiger partial charge in [-0.1, -0.05) is 215 Å². The molecule has 0 spiro atoms. The van der Waals surface area contributed by atoms with E-state index in [9.17, 15) is 34.1 Å². The number of rotatable bonds is 28. The quantitative estimate of drug-likeness (QED) is 0.0153. The lowest BCUT2D eigenvalue weighted by Crippen LogP contribution is -2.41. The Morgan fingerprint density at radius 1 is 0.445 bits per heavy atom. The minimum Gasteiger partial charge on any atom is -0.470 e. The van der Waals surface area contributed by atoms with Gasteiger partial charge in [0.05, 0.1) is 83.9 Å². The van der Waals surface area contributed by atoms with E-state index in [1.807, 2.05) is 140 Å². The fourth-order valence-electron chi connectivity index (χ4n) is 19.0. The molecule has 4 N–H and O–H groups in total.